The van der Waals surface area contributed by atoms with E-state index in [0.29, 0.717) is 34.9 Å². The number of hydrogen-bond donors (Lipinski definition) is 3. The number of nitrogen functional groups attached to an aromatic ring is 1. The van der Waals surface area contributed by atoms with Crippen LogP contribution >= 0.6 is 11.3 Å². The number of anilines is 1. The van der Waals surface area contributed by atoms with Gasteiger partial charge in [-0.2, -0.15) is 0 Å². The standard InChI is InChI=1S/C13H15N5OS/c14-7-8-1-2-9-11(10(8)15)17-12(20-9)13(19)18-5-3-16-4-6-18/h1-2,7,14,16H,3-6,15H2. The van der Waals surface area contributed by atoms with E-state index >= 15 is 0 Å². The molecule has 0 spiro atoms. The summed E-state index contributed by atoms with van der Waals surface area (Å²) in [5.74, 6) is -0.0384. The number of carbonyl (C=O) groups excluding carboxylic acids is 1. The molecule has 0 radical (unpaired) electrons. The molecule has 1 aromatic heterocycles. The minimum absolute atomic E-state index is 0.0384. The van der Waals surface area contributed by atoms with E-state index in [1.807, 2.05) is 11.0 Å². The second-order valence-corrected chi connectivity index (χ2v) is 5.65. The maximum absolute atomic E-state index is 12.4. The first kappa shape index (κ1) is 13.0. The van der Waals surface area contributed by atoms with Crippen molar-refractivity contribution in [2.75, 3.05) is 31.9 Å². The monoisotopic (exact) mass is 289 g/mol. The normalized spacial score (nSPS) is 15.5. The van der Waals surface area contributed by atoms with Crippen LogP contribution in [0.25, 0.3) is 10.2 Å². The van der Waals surface area contributed by atoms with Crippen molar-refractivity contribution >= 4 is 39.4 Å². The van der Waals surface area contributed by atoms with Gasteiger partial charge in [-0.15, -0.1) is 11.3 Å². The molecule has 2 heterocycles. The third kappa shape index (κ3) is 2.14. The summed E-state index contributed by atoms with van der Waals surface area (Å²) in [4.78, 5) is 18.6. The maximum Gasteiger partial charge on any atom is 0.282 e. The Morgan fingerprint density at radius 1 is 1.45 bits per heavy atom. The van der Waals surface area contributed by atoms with Gasteiger partial charge in [0.25, 0.3) is 5.91 Å². The van der Waals surface area contributed by atoms with E-state index in [4.69, 9.17) is 11.1 Å². The minimum Gasteiger partial charge on any atom is -0.396 e. The number of carbonyl (C=O) groups is 1. The number of nitrogens with one attached hydrogen (secondary N) is 2. The Labute approximate surface area is 120 Å². The van der Waals surface area contributed by atoms with E-state index in [1.165, 1.54) is 17.6 Å². The summed E-state index contributed by atoms with van der Waals surface area (Å²) in [6, 6.07) is 3.64. The van der Waals surface area contributed by atoms with Gasteiger partial charge in [0.1, 0.15) is 5.52 Å². The van der Waals surface area contributed by atoms with E-state index in [0.717, 1.165) is 17.8 Å². The van der Waals surface area contributed by atoms with Crippen molar-refractivity contribution in [1.82, 2.24) is 15.2 Å². The minimum atomic E-state index is -0.0384. The third-order valence-electron chi connectivity index (χ3n) is 3.38. The molecule has 1 aromatic carbocycles. The molecule has 20 heavy (non-hydrogen) atoms. The highest BCUT2D eigenvalue weighted by Crippen LogP contribution is 2.29. The Bertz CT molecular complexity index is 675. The average Bonchev–Trinajstić information content (AvgIpc) is 2.93. The van der Waals surface area contributed by atoms with E-state index in [2.05, 4.69) is 10.3 Å². The molecule has 1 amide bonds. The number of benzene rings is 1. The van der Waals surface area contributed by atoms with Gasteiger partial charge in [-0.3, -0.25) is 4.79 Å². The molecular weight excluding hydrogens is 274 g/mol. The van der Waals surface area contributed by atoms with Crippen LogP contribution in [-0.2, 0) is 0 Å². The van der Waals surface area contributed by atoms with Gasteiger partial charge in [0.2, 0.25) is 0 Å². The number of aromatic nitrogens is 1. The van der Waals surface area contributed by atoms with Gasteiger partial charge in [0.05, 0.1) is 10.4 Å². The molecule has 7 heteroatoms. The highest BCUT2D eigenvalue weighted by atomic mass is 32.1. The van der Waals surface area contributed by atoms with Crippen LogP contribution in [0.5, 0.6) is 0 Å². The molecule has 4 N–H and O–H groups in total. The van der Waals surface area contributed by atoms with E-state index in [9.17, 15) is 4.79 Å². The summed E-state index contributed by atoms with van der Waals surface area (Å²) in [5, 5.41) is 11.0. The highest BCUT2D eigenvalue weighted by molar-refractivity contribution is 7.20. The quantitative estimate of drug-likeness (QED) is 0.566. The second kappa shape index (κ2) is 5.18. The van der Waals surface area contributed by atoms with Crippen LogP contribution in [0, 0.1) is 5.41 Å². The third-order valence-corrected chi connectivity index (χ3v) is 4.39. The number of nitrogens with zero attached hydrogens (tertiary/aromatic N) is 2. The first-order chi connectivity index (χ1) is 9.70. The lowest BCUT2D eigenvalue weighted by atomic mass is 10.2. The van der Waals surface area contributed by atoms with Crippen molar-refractivity contribution in [2.45, 2.75) is 0 Å². The Hall–Kier alpha value is -1.99. The summed E-state index contributed by atoms with van der Waals surface area (Å²) in [6.45, 7) is 3.04. The number of amides is 1. The van der Waals surface area contributed by atoms with Crippen LogP contribution in [-0.4, -0.2) is 48.2 Å². The van der Waals surface area contributed by atoms with E-state index in [1.54, 1.807) is 6.07 Å². The smallest absolute Gasteiger partial charge is 0.282 e. The number of nitrogens with two attached hydrogens (primary N) is 1. The number of piperazine rings is 1. The van der Waals surface area contributed by atoms with Crippen molar-refractivity contribution in [2.24, 2.45) is 0 Å². The van der Waals surface area contributed by atoms with Gasteiger partial charge in [-0.05, 0) is 12.1 Å². The molecule has 1 fully saturated rings. The lowest BCUT2D eigenvalue weighted by Crippen LogP contribution is -2.46. The van der Waals surface area contributed by atoms with Gasteiger partial charge in [0, 0.05) is 38.0 Å². The SMILES string of the molecule is N=Cc1ccc2sc(C(=O)N3CCNCC3)nc2c1N. The zero-order chi connectivity index (χ0) is 14.1. The van der Waals surface area contributed by atoms with Gasteiger partial charge in [0.15, 0.2) is 5.01 Å². The summed E-state index contributed by atoms with van der Waals surface area (Å²) < 4.78 is 0.881. The van der Waals surface area contributed by atoms with Crippen molar-refractivity contribution < 1.29 is 4.79 Å². The molecule has 6 nitrogen and oxygen atoms in total. The van der Waals surface area contributed by atoms with Crippen molar-refractivity contribution in [3.63, 3.8) is 0 Å². The molecule has 1 aliphatic heterocycles. The Morgan fingerprint density at radius 3 is 2.90 bits per heavy atom. The fourth-order valence-electron chi connectivity index (χ4n) is 2.25. The highest BCUT2D eigenvalue weighted by Gasteiger charge is 2.22. The molecule has 104 valence electrons. The molecule has 0 atom stereocenters. The lowest BCUT2D eigenvalue weighted by Gasteiger charge is -2.26. The number of fused-ring (bicyclic) bond motifs is 1. The second-order valence-electron chi connectivity index (χ2n) is 4.62. The fourth-order valence-corrected chi connectivity index (χ4v) is 3.20. The lowest BCUT2D eigenvalue weighted by molar-refractivity contribution is 0.0735. The molecule has 0 bridgehead atoms. The molecule has 3 rings (SSSR count). The largest absolute Gasteiger partial charge is 0.396 e. The predicted molar refractivity (Wildman–Crippen MR) is 80.7 cm³/mol. The molecule has 0 saturated carbocycles. The zero-order valence-electron chi connectivity index (χ0n) is 10.8. The maximum atomic E-state index is 12.4. The molecule has 0 aliphatic carbocycles. The number of hydrogen-bond acceptors (Lipinski definition) is 6. The van der Waals surface area contributed by atoms with Crippen LogP contribution in [0.2, 0.25) is 0 Å². The molecule has 1 aliphatic rings. The summed E-state index contributed by atoms with van der Waals surface area (Å²) in [7, 11) is 0. The first-order valence-corrected chi connectivity index (χ1v) is 7.22. The summed E-state index contributed by atoms with van der Waals surface area (Å²) in [5.41, 5.74) is 7.69. The molecular formula is C13H15N5OS. The van der Waals surface area contributed by atoms with Crippen LogP contribution in [0.4, 0.5) is 5.69 Å². The summed E-state index contributed by atoms with van der Waals surface area (Å²) >= 11 is 1.35. The van der Waals surface area contributed by atoms with Gasteiger partial charge >= 0.3 is 0 Å². The Balaban J connectivity index is 1.98. The zero-order valence-corrected chi connectivity index (χ0v) is 11.7. The van der Waals surface area contributed by atoms with Crippen LogP contribution < -0.4 is 11.1 Å². The fraction of sp³-hybridized carbons (Fsp3) is 0.308. The average molecular weight is 289 g/mol. The van der Waals surface area contributed by atoms with Crippen LogP contribution in [0.3, 0.4) is 0 Å². The van der Waals surface area contributed by atoms with E-state index in [-0.39, 0.29) is 5.91 Å². The van der Waals surface area contributed by atoms with Crippen LogP contribution in [0.15, 0.2) is 12.1 Å². The number of rotatable bonds is 2. The first-order valence-electron chi connectivity index (χ1n) is 6.40. The van der Waals surface area contributed by atoms with Gasteiger partial charge < -0.3 is 21.4 Å². The van der Waals surface area contributed by atoms with Gasteiger partial charge in [-0.25, -0.2) is 4.98 Å². The van der Waals surface area contributed by atoms with Crippen LogP contribution in [0.1, 0.15) is 15.4 Å². The molecule has 2 aromatic rings. The Morgan fingerprint density at radius 2 is 2.20 bits per heavy atom. The topological polar surface area (TPSA) is 95.1 Å². The predicted octanol–water partition coefficient (Wildman–Crippen LogP) is 0.922. The van der Waals surface area contributed by atoms with Crippen molar-refractivity contribution in [1.29, 1.82) is 5.41 Å². The number of thiazole rings is 1. The van der Waals surface area contributed by atoms with E-state index < -0.39 is 0 Å². The van der Waals surface area contributed by atoms with Crippen molar-refractivity contribution in [3.05, 3.63) is 22.7 Å². The van der Waals surface area contributed by atoms with Gasteiger partial charge in [-0.1, -0.05) is 0 Å². The summed E-state index contributed by atoms with van der Waals surface area (Å²) in [6.07, 6.45) is 1.20. The molecule has 0 unspecified atom stereocenters. The van der Waals surface area contributed by atoms with Crippen molar-refractivity contribution in [3.8, 4) is 0 Å². The molecule has 1 saturated heterocycles. The Kier molecular flexibility index (Phi) is 3.37.